The number of anilines is 2. The molecule has 2 fully saturated rings. The van der Waals surface area contributed by atoms with Gasteiger partial charge in [0.2, 0.25) is 0 Å². The van der Waals surface area contributed by atoms with Crippen molar-refractivity contribution in [1.82, 2.24) is 9.97 Å². The maximum atomic E-state index is 15.1. The Balaban J connectivity index is 1.42. The SMILES string of the molecule is Cc1c(N2C(=O)C3(CCC3)N(c3ccc(OCCc4ccccn4)c(F)c3)C2=S)ccnc1C#N. The number of benzene rings is 1. The van der Waals surface area contributed by atoms with Gasteiger partial charge in [0, 0.05) is 41.8 Å². The van der Waals surface area contributed by atoms with Gasteiger partial charge in [-0.15, -0.1) is 0 Å². The van der Waals surface area contributed by atoms with E-state index in [9.17, 15) is 10.1 Å². The highest BCUT2D eigenvalue weighted by Crippen LogP contribution is 2.48. The monoisotopic (exact) mass is 487 g/mol. The molecule has 1 spiro atoms. The number of carbonyl (C=O) groups is 1. The molecule has 3 aromatic rings. The van der Waals surface area contributed by atoms with E-state index in [0.717, 1.165) is 12.1 Å². The summed E-state index contributed by atoms with van der Waals surface area (Å²) in [5, 5.41) is 9.63. The second kappa shape index (κ2) is 9.04. The summed E-state index contributed by atoms with van der Waals surface area (Å²) in [6.07, 6.45) is 5.85. The first kappa shape index (κ1) is 22.9. The summed E-state index contributed by atoms with van der Waals surface area (Å²) in [7, 11) is 0. The highest BCUT2D eigenvalue weighted by Gasteiger charge is 2.59. The lowest BCUT2D eigenvalue weighted by molar-refractivity contribution is -0.123. The van der Waals surface area contributed by atoms with Gasteiger partial charge in [-0.2, -0.15) is 5.26 Å². The molecule has 0 unspecified atom stereocenters. The fourth-order valence-corrected chi connectivity index (χ4v) is 5.09. The Morgan fingerprint density at radius 2 is 2.03 bits per heavy atom. The molecule has 0 bridgehead atoms. The van der Waals surface area contributed by atoms with Crippen LogP contribution in [0, 0.1) is 24.1 Å². The summed E-state index contributed by atoms with van der Waals surface area (Å²) in [4.78, 5) is 25.2. The maximum absolute atomic E-state index is 15.1. The largest absolute Gasteiger partial charge is 0.490 e. The molecule has 1 saturated heterocycles. The van der Waals surface area contributed by atoms with Crippen molar-refractivity contribution in [3.63, 3.8) is 0 Å². The molecule has 1 aliphatic carbocycles. The molecular formula is C26H22FN5O2S. The average molecular weight is 488 g/mol. The molecule has 176 valence electrons. The van der Waals surface area contributed by atoms with E-state index in [-0.39, 0.29) is 29.1 Å². The zero-order valence-electron chi connectivity index (χ0n) is 19.1. The van der Waals surface area contributed by atoms with Gasteiger partial charge in [-0.1, -0.05) is 6.07 Å². The van der Waals surface area contributed by atoms with Crippen LogP contribution >= 0.6 is 12.2 Å². The van der Waals surface area contributed by atoms with Crippen molar-refractivity contribution >= 4 is 34.6 Å². The van der Waals surface area contributed by atoms with Gasteiger partial charge in [-0.05, 0) is 68.7 Å². The summed E-state index contributed by atoms with van der Waals surface area (Å²) in [5.74, 6) is -0.564. The number of rotatable bonds is 6. The molecule has 35 heavy (non-hydrogen) atoms. The molecule has 1 saturated carbocycles. The highest BCUT2D eigenvalue weighted by atomic mass is 32.1. The summed E-state index contributed by atoms with van der Waals surface area (Å²) < 4.78 is 20.7. The van der Waals surface area contributed by atoms with Crippen LogP contribution in [0.25, 0.3) is 0 Å². The number of nitrogens with zero attached hydrogens (tertiary/aromatic N) is 5. The van der Waals surface area contributed by atoms with E-state index in [1.54, 1.807) is 36.2 Å². The van der Waals surface area contributed by atoms with E-state index < -0.39 is 11.4 Å². The lowest BCUT2D eigenvalue weighted by Crippen LogP contribution is -2.55. The van der Waals surface area contributed by atoms with Crippen LogP contribution in [0.2, 0.25) is 0 Å². The molecule has 0 radical (unpaired) electrons. The molecule has 9 heteroatoms. The van der Waals surface area contributed by atoms with Gasteiger partial charge in [0.15, 0.2) is 16.7 Å². The lowest BCUT2D eigenvalue weighted by Gasteiger charge is -2.43. The number of hydrogen-bond acceptors (Lipinski definition) is 6. The van der Waals surface area contributed by atoms with E-state index in [1.165, 1.54) is 17.2 Å². The Morgan fingerprint density at radius 1 is 1.20 bits per heavy atom. The molecule has 0 atom stereocenters. The van der Waals surface area contributed by atoms with Crippen molar-refractivity contribution in [3.05, 3.63) is 77.6 Å². The van der Waals surface area contributed by atoms with Crippen LogP contribution in [0.4, 0.5) is 15.8 Å². The third kappa shape index (κ3) is 3.80. The number of pyridine rings is 2. The topological polar surface area (TPSA) is 82.3 Å². The Labute approximate surface area is 207 Å². The molecule has 1 aliphatic heterocycles. The second-order valence-electron chi connectivity index (χ2n) is 8.59. The van der Waals surface area contributed by atoms with Crippen LogP contribution in [0.3, 0.4) is 0 Å². The number of hydrogen-bond donors (Lipinski definition) is 0. The highest BCUT2D eigenvalue weighted by molar-refractivity contribution is 7.81. The van der Waals surface area contributed by atoms with E-state index >= 15 is 4.39 Å². The average Bonchev–Trinajstić information content (AvgIpc) is 3.08. The van der Waals surface area contributed by atoms with E-state index in [1.807, 2.05) is 24.3 Å². The molecule has 5 rings (SSSR count). The number of nitriles is 1. The standard InChI is InChI=1S/C26H22FN5O2S/c1-17-21(16-28)30-13-8-22(17)31-24(33)26(10-4-11-26)32(25(31)35)19-6-7-23(20(27)15-19)34-14-9-18-5-2-3-12-29-18/h2-3,5-8,12-13,15H,4,9-11,14H2,1H3. The van der Waals surface area contributed by atoms with Gasteiger partial charge in [-0.25, -0.2) is 9.37 Å². The molecule has 2 aliphatic rings. The fraction of sp³-hybridized carbons (Fsp3) is 0.269. The summed E-state index contributed by atoms with van der Waals surface area (Å²) in [6, 6.07) is 14.0. The van der Waals surface area contributed by atoms with Crippen LogP contribution in [-0.2, 0) is 11.2 Å². The van der Waals surface area contributed by atoms with Crippen molar-refractivity contribution < 1.29 is 13.9 Å². The molecule has 1 aromatic carbocycles. The molecule has 1 amide bonds. The number of ether oxygens (including phenoxy) is 1. The third-order valence-electron chi connectivity index (χ3n) is 6.63. The zero-order chi connectivity index (χ0) is 24.6. The quantitative estimate of drug-likeness (QED) is 0.474. The number of halogens is 1. The van der Waals surface area contributed by atoms with Crippen molar-refractivity contribution in [1.29, 1.82) is 5.26 Å². The maximum Gasteiger partial charge on any atom is 0.259 e. The fourth-order valence-electron chi connectivity index (χ4n) is 4.63. The molecule has 3 heterocycles. The number of amides is 1. The van der Waals surface area contributed by atoms with Gasteiger partial charge in [0.25, 0.3) is 5.91 Å². The van der Waals surface area contributed by atoms with E-state index in [2.05, 4.69) is 9.97 Å². The van der Waals surface area contributed by atoms with Crippen LogP contribution in [0.5, 0.6) is 5.75 Å². The van der Waals surface area contributed by atoms with Gasteiger partial charge in [-0.3, -0.25) is 14.7 Å². The smallest absolute Gasteiger partial charge is 0.259 e. The van der Waals surface area contributed by atoms with Gasteiger partial charge in [0.1, 0.15) is 17.3 Å². The zero-order valence-corrected chi connectivity index (χ0v) is 19.9. The number of thiocarbonyl (C=S) groups is 1. The lowest BCUT2D eigenvalue weighted by atomic mass is 9.75. The van der Waals surface area contributed by atoms with Crippen LogP contribution in [-0.4, -0.2) is 33.1 Å². The Kier molecular flexibility index (Phi) is 5.91. The van der Waals surface area contributed by atoms with Crippen molar-refractivity contribution in [2.45, 2.75) is 38.1 Å². The van der Waals surface area contributed by atoms with Gasteiger partial charge in [0.05, 0.1) is 12.3 Å². The normalized spacial score (nSPS) is 16.4. The van der Waals surface area contributed by atoms with Gasteiger partial charge < -0.3 is 9.64 Å². The Bertz CT molecular complexity index is 1350. The van der Waals surface area contributed by atoms with Crippen molar-refractivity contribution in [3.8, 4) is 11.8 Å². The first-order valence-electron chi connectivity index (χ1n) is 11.3. The Morgan fingerprint density at radius 3 is 2.69 bits per heavy atom. The van der Waals surface area contributed by atoms with Crippen LogP contribution in [0.1, 0.15) is 36.2 Å². The minimum Gasteiger partial charge on any atom is -0.490 e. The van der Waals surface area contributed by atoms with Crippen molar-refractivity contribution in [2.75, 3.05) is 16.4 Å². The summed E-state index contributed by atoms with van der Waals surface area (Å²) in [5.41, 5.74) is 1.83. The minimum absolute atomic E-state index is 0.129. The second-order valence-corrected chi connectivity index (χ2v) is 8.96. The first-order chi connectivity index (χ1) is 17.0. The predicted octanol–water partition coefficient (Wildman–Crippen LogP) is 4.48. The first-order valence-corrected chi connectivity index (χ1v) is 11.7. The predicted molar refractivity (Wildman–Crippen MR) is 133 cm³/mol. The minimum atomic E-state index is -0.854. The summed E-state index contributed by atoms with van der Waals surface area (Å²) >= 11 is 5.76. The van der Waals surface area contributed by atoms with E-state index in [0.29, 0.717) is 36.2 Å². The number of aromatic nitrogens is 2. The molecule has 2 aromatic heterocycles. The Hall–Kier alpha value is -3.90. The third-order valence-corrected chi connectivity index (χ3v) is 7.00. The van der Waals surface area contributed by atoms with Crippen molar-refractivity contribution in [2.24, 2.45) is 0 Å². The van der Waals surface area contributed by atoms with Crippen LogP contribution in [0.15, 0.2) is 54.9 Å². The molecule has 0 N–H and O–H groups in total. The number of carbonyl (C=O) groups excluding carboxylic acids is 1. The summed E-state index contributed by atoms with van der Waals surface area (Å²) in [6.45, 7) is 2.03. The van der Waals surface area contributed by atoms with Crippen LogP contribution < -0.4 is 14.5 Å². The molecular weight excluding hydrogens is 465 g/mol. The van der Waals surface area contributed by atoms with Gasteiger partial charge >= 0.3 is 0 Å². The van der Waals surface area contributed by atoms with E-state index in [4.69, 9.17) is 17.0 Å². The molecule has 7 nitrogen and oxygen atoms in total.